The summed E-state index contributed by atoms with van der Waals surface area (Å²) in [4.78, 5) is 22.3. The number of hydrogen-bond donors (Lipinski definition) is 2. The Hall–Kier alpha value is -3.31. The number of aliphatic hydroxyl groups excluding tert-OH is 1. The smallest absolute Gasteiger partial charge is 0.228 e. The van der Waals surface area contributed by atoms with E-state index in [2.05, 4.69) is 5.32 Å². The summed E-state index contributed by atoms with van der Waals surface area (Å²) in [6.07, 6.45) is 6.24. The number of aliphatic hydroxyl groups is 1. The van der Waals surface area contributed by atoms with Crippen molar-refractivity contribution >= 4 is 23.9 Å². The van der Waals surface area contributed by atoms with Gasteiger partial charge in [-0.25, -0.2) is 9.97 Å². The third kappa shape index (κ3) is 4.57. The van der Waals surface area contributed by atoms with Gasteiger partial charge in [-0.15, -0.1) is 0 Å². The standard InChI is InChI=1S/C26H27N3O2/c1-3-17(2)26(31)29-25-23(13-10-18-7-5-4-6-8-18)27-24-21-12-9-19(16-30)15-20(21)11-14-22(24)28-25/h4-10,12-13,15,17,30H,3,11,14,16H2,1-2H3,(H,28,29,31). The second-order valence-electron chi connectivity index (χ2n) is 7.94. The SMILES string of the molecule is CCC(C)C(=O)Nc1nc2c(nc1C=Cc1ccccc1)-c1ccc(CO)cc1CC2. The summed E-state index contributed by atoms with van der Waals surface area (Å²) in [7, 11) is 0. The number of rotatable bonds is 6. The van der Waals surface area contributed by atoms with E-state index in [4.69, 9.17) is 9.97 Å². The van der Waals surface area contributed by atoms with E-state index in [9.17, 15) is 9.90 Å². The molecule has 0 aliphatic heterocycles. The Morgan fingerprint density at radius 3 is 2.68 bits per heavy atom. The van der Waals surface area contributed by atoms with E-state index in [-0.39, 0.29) is 18.4 Å². The van der Waals surface area contributed by atoms with E-state index in [1.54, 1.807) is 0 Å². The summed E-state index contributed by atoms with van der Waals surface area (Å²) < 4.78 is 0. The van der Waals surface area contributed by atoms with Crippen LogP contribution in [0.1, 0.15) is 48.3 Å². The molecule has 0 saturated heterocycles. The molecule has 0 radical (unpaired) electrons. The number of nitrogens with one attached hydrogen (secondary N) is 1. The Bertz CT molecular complexity index is 1120. The average Bonchev–Trinajstić information content (AvgIpc) is 2.82. The van der Waals surface area contributed by atoms with Crippen LogP contribution in [0.3, 0.4) is 0 Å². The van der Waals surface area contributed by atoms with E-state index in [1.807, 2.05) is 74.5 Å². The second kappa shape index (κ2) is 9.23. The minimum Gasteiger partial charge on any atom is -0.392 e. The molecule has 5 nitrogen and oxygen atoms in total. The lowest BCUT2D eigenvalue weighted by Gasteiger charge is -2.21. The van der Waals surface area contributed by atoms with E-state index in [0.29, 0.717) is 11.5 Å². The predicted octanol–water partition coefficient (Wildman–Crippen LogP) is 4.89. The van der Waals surface area contributed by atoms with Crippen molar-refractivity contribution in [1.82, 2.24) is 9.97 Å². The lowest BCUT2D eigenvalue weighted by molar-refractivity contribution is -0.119. The Morgan fingerprint density at radius 1 is 1.13 bits per heavy atom. The number of anilines is 1. The van der Waals surface area contributed by atoms with Crippen LogP contribution >= 0.6 is 0 Å². The number of aromatic nitrogens is 2. The molecular weight excluding hydrogens is 386 g/mol. The molecule has 158 valence electrons. The first kappa shape index (κ1) is 20.9. The zero-order chi connectivity index (χ0) is 21.8. The van der Waals surface area contributed by atoms with Crippen molar-refractivity contribution in [2.24, 2.45) is 5.92 Å². The van der Waals surface area contributed by atoms with Crippen molar-refractivity contribution in [3.05, 3.63) is 76.6 Å². The van der Waals surface area contributed by atoms with E-state index >= 15 is 0 Å². The lowest BCUT2D eigenvalue weighted by Crippen LogP contribution is -2.22. The third-order valence-corrected chi connectivity index (χ3v) is 5.77. The van der Waals surface area contributed by atoms with Gasteiger partial charge in [0.25, 0.3) is 0 Å². The fraction of sp³-hybridized carbons (Fsp3) is 0.269. The van der Waals surface area contributed by atoms with Crippen LogP contribution in [0, 0.1) is 5.92 Å². The summed E-state index contributed by atoms with van der Waals surface area (Å²) in [5.41, 5.74) is 6.53. The molecule has 1 heterocycles. The average molecular weight is 414 g/mol. The highest BCUT2D eigenvalue weighted by Gasteiger charge is 2.22. The molecule has 3 aromatic rings. The van der Waals surface area contributed by atoms with Gasteiger partial charge in [-0.3, -0.25) is 4.79 Å². The predicted molar refractivity (Wildman–Crippen MR) is 124 cm³/mol. The molecule has 0 fully saturated rings. The molecule has 1 aromatic heterocycles. The molecule has 0 saturated carbocycles. The van der Waals surface area contributed by atoms with Gasteiger partial charge in [-0.05, 0) is 42.0 Å². The van der Waals surface area contributed by atoms with Crippen LogP contribution in [-0.4, -0.2) is 21.0 Å². The first-order chi connectivity index (χ1) is 15.1. The zero-order valence-electron chi connectivity index (χ0n) is 17.9. The first-order valence-corrected chi connectivity index (χ1v) is 10.8. The molecular formula is C26H27N3O2. The van der Waals surface area contributed by atoms with E-state index in [0.717, 1.165) is 47.3 Å². The Morgan fingerprint density at radius 2 is 1.94 bits per heavy atom. The highest BCUT2D eigenvalue weighted by Crippen LogP contribution is 2.34. The molecule has 1 atom stereocenters. The number of benzene rings is 2. The number of nitrogens with zero attached hydrogens (tertiary/aromatic N) is 2. The zero-order valence-corrected chi connectivity index (χ0v) is 17.9. The Kier molecular flexibility index (Phi) is 6.23. The number of aryl methyl sites for hydroxylation is 2. The summed E-state index contributed by atoms with van der Waals surface area (Å²) in [6.45, 7) is 3.93. The molecule has 4 rings (SSSR count). The highest BCUT2D eigenvalue weighted by molar-refractivity contribution is 5.93. The van der Waals surface area contributed by atoms with Crippen LogP contribution < -0.4 is 5.32 Å². The monoisotopic (exact) mass is 413 g/mol. The summed E-state index contributed by atoms with van der Waals surface area (Å²) >= 11 is 0. The van der Waals surface area contributed by atoms with Gasteiger partial charge in [0, 0.05) is 11.5 Å². The van der Waals surface area contributed by atoms with E-state index < -0.39 is 0 Å². The van der Waals surface area contributed by atoms with Gasteiger partial charge in [0.05, 0.1) is 18.0 Å². The topological polar surface area (TPSA) is 75.1 Å². The van der Waals surface area contributed by atoms with Gasteiger partial charge in [-0.2, -0.15) is 0 Å². The fourth-order valence-electron chi connectivity index (χ4n) is 3.68. The maximum absolute atomic E-state index is 12.6. The quantitative estimate of drug-likeness (QED) is 0.603. The third-order valence-electron chi connectivity index (χ3n) is 5.77. The van der Waals surface area contributed by atoms with Crippen molar-refractivity contribution in [2.45, 2.75) is 39.7 Å². The number of hydrogen-bond acceptors (Lipinski definition) is 4. The largest absolute Gasteiger partial charge is 0.392 e. The molecule has 5 heteroatoms. The molecule has 0 spiro atoms. The highest BCUT2D eigenvalue weighted by atomic mass is 16.3. The molecule has 1 amide bonds. The van der Waals surface area contributed by atoms with Crippen molar-refractivity contribution in [2.75, 3.05) is 5.32 Å². The number of amides is 1. The van der Waals surface area contributed by atoms with Crippen molar-refractivity contribution in [1.29, 1.82) is 0 Å². The molecule has 2 N–H and O–H groups in total. The van der Waals surface area contributed by atoms with E-state index in [1.165, 1.54) is 5.56 Å². The minimum absolute atomic E-state index is 0.0253. The lowest BCUT2D eigenvalue weighted by atomic mass is 9.90. The Balaban J connectivity index is 1.78. The maximum Gasteiger partial charge on any atom is 0.228 e. The van der Waals surface area contributed by atoms with Crippen LogP contribution in [0.4, 0.5) is 5.82 Å². The molecule has 1 aliphatic rings. The molecule has 1 aliphatic carbocycles. The van der Waals surface area contributed by atoms with Crippen LogP contribution in [0.15, 0.2) is 48.5 Å². The number of carbonyl (C=O) groups excluding carboxylic acids is 1. The normalized spacial score (nSPS) is 13.5. The van der Waals surface area contributed by atoms with Gasteiger partial charge in [0.1, 0.15) is 5.69 Å². The van der Waals surface area contributed by atoms with Crippen molar-refractivity contribution in [3.8, 4) is 11.3 Å². The van der Waals surface area contributed by atoms with Gasteiger partial charge in [-0.1, -0.05) is 68.5 Å². The first-order valence-electron chi connectivity index (χ1n) is 10.8. The van der Waals surface area contributed by atoms with Crippen molar-refractivity contribution in [3.63, 3.8) is 0 Å². The van der Waals surface area contributed by atoms with Gasteiger partial charge < -0.3 is 10.4 Å². The second-order valence-corrected chi connectivity index (χ2v) is 7.94. The minimum atomic E-state index is -0.0959. The molecule has 0 bridgehead atoms. The van der Waals surface area contributed by atoms with Crippen molar-refractivity contribution < 1.29 is 9.90 Å². The molecule has 31 heavy (non-hydrogen) atoms. The summed E-state index contributed by atoms with van der Waals surface area (Å²) in [5.74, 6) is 0.364. The van der Waals surface area contributed by atoms with Crippen LogP contribution in [0.25, 0.3) is 23.4 Å². The van der Waals surface area contributed by atoms with Crippen LogP contribution in [-0.2, 0) is 24.2 Å². The maximum atomic E-state index is 12.6. The summed E-state index contributed by atoms with van der Waals surface area (Å²) in [6, 6.07) is 16.0. The van der Waals surface area contributed by atoms with Gasteiger partial charge >= 0.3 is 0 Å². The van der Waals surface area contributed by atoms with Gasteiger partial charge in [0.2, 0.25) is 5.91 Å². The molecule has 2 aromatic carbocycles. The van der Waals surface area contributed by atoms with Gasteiger partial charge in [0.15, 0.2) is 5.82 Å². The van der Waals surface area contributed by atoms with Crippen LogP contribution in [0.2, 0.25) is 0 Å². The number of carbonyl (C=O) groups is 1. The fourth-order valence-corrected chi connectivity index (χ4v) is 3.68. The summed E-state index contributed by atoms with van der Waals surface area (Å²) in [5, 5.41) is 12.5. The van der Waals surface area contributed by atoms with Crippen LogP contribution in [0.5, 0.6) is 0 Å². The Labute approximate surface area is 182 Å². The molecule has 1 unspecified atom stereocenters. The number of fused-ring (bicyclic) bond motifs is 3.